The molecule has 0 spiro atoms. The lowest BCUT2D eigenvalue weighted by molar-refractivity contribution is -0.143. The first-order valence-electron chi connectivity index (χ1n) is 9.56. The van der Waals surface area contributed by atoms with Gasteiger partial charge in [-0.05, 0) is 61.7 Å². The molecule has 2 unspecified atom stereocenters. The van der Waals surface area contributed by atoms with Crippen molar-refractivity contribution in [3.8, 4) is 11.5 Å². The number of hydrogen-bond donors (Lipinski definition) is 1. The van der Waals surface area contributed by atoms with Crippen molar-refractivity contribution in [1.29, 1.82) is 0 Å². The number of likely N-dealkylation sites (tertiary alicyclic amines) is 1. The summed E-state index contributed by atoms with van der Waals surface area (Å²) in [5, 5.41) is 9.52. The largest absolute Gasteiger partial charge is 0.493 e. The second kappa shape index (κ2) is 9.43. The van der Waals surface area contributed by atoms with Crippen molar-refractivity contribution in [3.63, 3.8) is 0 Å². The van der Waals surface area contributed by atoms with E-state index in [-0.39, 0.29) is 12.0 Å². The third-order valence-corrected chi connectivity index (χ3v) is 5.68. The molecule has 6 heteroatoms. The Morgan fingerprint density at radius 3 is 2.57 bits per heavy atom. The fraction of sp³-hybridized carbons (Fsp3) is 0.409. The number of carbonyl (C=O) groups is 1. The Morgan fingerprint density at radius 1 is 1.21 bits per heavy atom. The van der Waals surface area contributed by atoms with E-state index in [9.17, 15) is 9.90 Å². The maximum atomic E-state index is 11.6. The van der Waals surface area contributed by atoms with Crippen molar-refractivity contribution in [2.24, 2.45) is 5.92 Å². The lowest BCUT2D eigenvalue weighted by Crippen LogP contribution is -2.41. The van der Waals surface area contributed by atoms with Gasteiger partial charge in [0.05, 0.1) is 25.7 Å². The smallest absolute Gasteiger partial charge is 0.307 e. The minimum absolute atomic E-state index is 0.0418. The topological polar surface area (TPSA) is 59.0 Å². The summed E-state index contributed by atoms with van der Waals surface area (Å²) < 4.78 is 12.2. The number of hydrogen-bond acceptors (Lipinski definition) is 4. The summed E-state index contributed by atoms with van der Waals surface area (Å²) in [6, 6.07) is 14.2. The van der Waals surface area contributed by atoms with E-state index < -0.39 is 5.97 Å². The first-order valence-corrected chi connectivity index (χ1v) is 10.4. The van der Waals surface area contributed by atoms with Crippen LogP contribution in [0.1, 0.15) is 36.9 Å². The van der Waals surface area contributed by atoms with Crippen LogP contribution in [0.2, 0.25) is 0 Å². The van der Waals surface area contributed by atoms with Crippen LogP contribution in [0.15, 0.2) is 46.9 Å². The zero-order valence-corrected chi connectivity index (χ0v) is 17.8. The lowest BCUT2D eigenvalue weighted by Gasteiger charge is -2.37. The van der Waals surface area contributed by atoms with E-state index in [4.69, 9.17) is 9.47 Å². The molecule has 0 radical (unpaired) electrons. The van der Waals surface area contributed by atoms with Gasteiger partial charge in [-0.1, -0.05) is 34.1 Å². The number of methoxy groups -OCH3 is 1. The van der Waals surface area contributed by atoms with Gasteiger partial charge in [0, 0.05) is 11.0 Å². The van der Waals surface area contributed by atoms with Crippen molar-refractivity contribution in [3.05, 3.63) is 58.1 Å². The van der Waals surface area contributed by atoms with Crippen LogP contribution in [0.3, 0.4) is 0 Å². The van der Waals surface area contributed by atoms with Crippen LogP contribution < -0.4 is 9.47 Å². The molecule has 1 aliphatic rings. The summed E-state index contributed by atoms with van der Waals surface area (Å²) in [6.45, 7) is 3.90. The van der Waals surface area contributed by atoms with Gasteiger partial charge in [0.1, 0.15) is 0 Å². The number of piperidine rings is 1. The third-order valence-electron chi connectivity index (χ3n) is 5.16. The van der Waals surface area contributed by atoms with E-state index in [1.54, 1.807) is 7.11 Å². The van der Waals surface area contributed by atoms with Crippen LogP contribution in [0.5, 0.6) is 11.5 Å². The first kappa shape index (κ1) is 20.7. The van der Waals surface area contributed by atoms with E-state index >= 15 is 0 Å². The number of nitrogens with zero attached hydrogens (tertiary/aromatic N) is 1. The molecule has 3 rings (SSSR count). The number of halogens is 1. The van der Waals surface area contributed by atoms with Gasteiger partial charge >= 0.3 is 5.97 Å². The monoisotopic (exact) mass is 447 g/mol. The fourth-order valence-corrected chi connectivity index (χ4v) is 4.10. The standard InChI is InChI=1S/C22H26BrNO4/c1-3-28-19-11-8-16(13-20(19)27-2)21(15-6-9-18(23)10-7-15)24-12-4-5-17(14-24)22(25)26/h6-11,13,17,21H,3-5,12,14H2,1-2H3,(H,25,26). The zero-order chi connectivity index (χ0) is 20.1. The second-order valence-electron chi connectivity index (χ2n) is 6.97. The molecule has 150 valence electrons. The maximum absolute atomic E-state index is 11.6. The normalized spacial score (nSPS) is 18.5. The molecule has 0 bridgehead atoms. The van der Waals surface area contributed by atoms with Crippen LogP contribution in [-0.4, -0.2) is 42.8 Å². The maximum Gasteiger partial charge on any atom is 0.307 e. The van der Waals surface area contributed by atoms with Crippen LogP contribution in [-0.2, 0) is 4.79 Å². The molecule has 2 aromatic rings. The van der Waals surface area contributed by atoms with Gasteiger partial charge in [0.25, 0.3) is 0 Å². The quantitative estimate of drug-likeness (QED) is 0.663. The van der Waals surface area contributed by atoms with E-state index in [1.807, 2.05) is 37.3 Å². The van der Waals surface area contributed by atoms with Gasteiger partial charge in [-0.3, -0.25) is 9.69 Å². The molecule has 0 aliphatic carbocycles. The molecule has 1 heterocycles. The molecule has 5 nitrogen and oxygen atoms in total. The van der Waals surface area contributed by atoms with Crippen LogP contribution in [0, 0.1) is 5.92 Å². The van der Waals surface area contributed by atoms with Crippen molar-refractivity contribution >= 4 is 21.9 Å². The molecular formula is C22H26BrNO4. The molecule has 0 amide bonds. The Kier molecular flexibility index (Phi) is 6.97. The summed E-state index contributed by atoms with van der Waals surface area (Å²) >= 11 is 3.50. The van der Waals surface area contributed by atoms with Crippen LogP contribution in [0.4, 0.5) is 0 Å². The van der Waals surface area contributed by atoms with Crippen molar-refractivity contribution in [2.45, 2.75) is 25.8 Å². The Bertz CT molecular complexity index is 809. The van der Waals surface area contributed by atoms with Crippen LogP contribution in [0.25, 0.3) is 0 Å². The van der Waals surface area contributed by atoms with Gasteiger partial charge in [-0.15, -0.1) is 0 Å². The summed E-state index contributed by atoms with van der Waals surface area (Å²) in [5.41, 5.74) is 2.19. The molecule has 1 aliphatic heterocycles. The van der Waals surface area contributed by atoms with E-state index in [1.165, 1.54) is 0 Å². The van der Waals surface area contributed by atoms with Crippen molar-refractivity contribution in [1.82, 2.24) is 4.90 Å². The van der Waals surface area contributed by atoms with E-state index in [2.05, 4.69) is 33.0 Å². The van der Waals surface area contributed by atoms with Gasteiger partial charge in [0.15, 0.2) is 11.5 Å². The number of carboxylic acid groups (broad SMARTS) is 1. The Balaban J connectivity index is 2.01. The predicted molar refractivity (Wildman–Crippen MR) is 112 cm³/mol. The van der Waals surface area contributed by atoms with Gasteiger partial charge in [0.2, 0.25) is 0 Å². The zero-order valence-electron chi connectivity index (χ0n) is 16.2. The highest BCUT2D eigenvalue weighted by molar-refractivity contribution is 9.10. The average molecular weight is 448 g/mol. The Morgan fingerprint density at radius 2 is 1.93 bits per heavy atom. The Labute approximate surface area is 174 Å². The van der Waals surface area contributed by atoms with Gasteiger partial charge in [-0.25, -0.2) is 0 Å². The SMILES string of the molecule is CCOc1ccc(C(c2ccc(Br)cc2)N2CCCC(C(=O)O)C2)cc1OC. The highest BCUT2D eigenvalue weighted by Gasteiger charge is 2.31. The number of benzene rings is 2. The molecular weight excluding hydrogens is 422 g/mol. The van der Waals surface area contributed by atoms with Crippen molar-refractivity contribution < 1.29 is 19.4 Å². The minimum Gasteiger partial charge on any atom is -0.493 e. The number of aliphatic carboxylic acids is 1. The average Bonchev–Trinajstić information content (AvgIpc) is 2.71. The first-order chi connectivity index (χ1) is 13.5. The summed E-state index contributed by atoms with van der Waals surface area (Å²) in [5.74, 6) is 0.346. The van der Waals surface area contributed by atoms with Crippen molar-refractivity contribution in [2.75, 3.05) is 26.8 Å². The summed E-state index contributed by atoms with van der Waals surface area (Å²) in [7, 11) is 1.64. The third kappa shape index (κ3) is 4.67. The molecule has 28 heavy (non-hydrogen) atoms. The molecule has 1 saturated heterocycles. The van der Waals surface area contributed by atoms with Gasteiger partial charge < -0.3 is 14.6 Å². The summed E-state index contributed by atoms with van der Waals surface area (Å²) in [6.07, 6.45) is 1.60. The molecule has 1 N–H and O–H groups in total. The molecule has 2 aromatic carbocycles. The van der Waals surface area contributed by atoms with Gasteiger partial charge in [-0.2, -0.15) is 0 Å². The number of carboxylic acids is 1. The molecule has 0 aromatic heterocycles. The molecule has 1 fully saturated rings. The predicted octanol–water partition coefficient (Wildman–Crippen LogP) is 4.74. The highest BCUT2D eigenvalue weighted by atomic mass is 79.9. The van der Waals surface area contributed by atoms with E-state index in [0.29, 0.717) is 24.7 Å². The molecule has 2 atom stereocenters. The molecule has 0 saturated carbocycles. The highest BCUT2D eigenvalue weighted by Crippen LogP contribution is 2.37. The lowest BCUT2D eigenvalue weighted by atomic mass is 9.91. The fourth-order valence-electron chi connectivity index (χ4n) is 3.83. The Hall–Kier alpha value is -2.05. The number of ether oxygens (including phenoxy) is 2. The number of rotatable bonds is 7. The second-order valence-corrected chi connectivity index (χ2v) is 7.89. The summed E-state index contributed by atoms with van der Waals surface area (Å²) in [4.78, 5) is 13.9. The van der Waals surface area contributed by atoms with Crippen LogP contribution >= 0.6 is 15.9 Å². The van der Waals surface area contributed by atoms with E-state index in [0.717, 1.165) is 35.0 Å². The minimum atomic E-state index is -0.719.